The lowest BCUT2D eigenvalue weighted by Gasteiger charge is -2.11. The number of para-hydroxylation sites is 2. The molecule has 1 fully saturated rings. The monoisotopic (exact) mass is 308 g/mol. The van der Waals surface area contributed by atoms with E-state index in [1.54, 1.807) is 0 Å². The maximum atomic E-state index is 5.93. The summed E-state index contributed by atoms with van der Waals surface area (Å²) in [6.07, 6.45) is 3.42. The molecule has 0 amide bonds. The van der Waals surface area contributed by atoms with Crippen molar-refractivity contribution in [3.8, 4) is 11.5 Å². The zero-order valence-electron chi connectivity index (χ0n) is 12.9. The summed E-state index contributed by atoms with van der Waals surface area (Å²) in [5.41, 5.74) is 9.74. The molecule has 1 aromatic heterocycles. The van der Waals surface area contributed by atoms with Crippen LogP contribution in [0.4, 0.5) is 0 Å². The van der Waals surface area contributed by atoms with Crippen molar-refractivity contribution in [2.45, 2.75) is 38.0 Å². The SMILES string of the molecule is N[C@H]1CC[C@H](OCc2ccc(-c3nc4ccccc4o3)cc2)C1. The standard InChI is InChI=1S/C19H20N2O2/c20-15-9-10-16(11-15)22-12-13-5-7-14(8-6-13)19-21-17-3-1-2-4-18(17)23-19/h1-8,15-16H,9-12,20H2/t15-,16-/m0/s1. The highest BCUT2D eigenvalue weighted by Gasteiger charge is 2.22. The van der Waals surface area contributed by atoms with Crippen LogP contribution in [0, 0.1) is 0 Å². The molecule has 0 bridgehead atoms. The van der Waals surface area contributed by atoms with E-state index in [1.165, 1.54) is 0 Å². The van der Waals surface area contributed by atoms with Crippen molar-refractivity contribution < 1.29 is 9.15 Å². The summed E-state index contributed by atoms with van der Waals surface area (Å²) in [7, 11) is 0. The Balaban J connectivity index is 1.45. The summed E-state index contributed by atoms with van der Waals surface area (Å²) >= 11 is 0. The Bertz CT molecular complexity index is 761. The summed E-state index contributed by atoms with van der Waals surface area (Å²) in [5.74, 6) is 0.653. The molecule has 118 valence electrons. The number of nitrogens with zero attached hydrogens (tertiary/aromatic N) is 1. The van der Waals surface area contributed by atoms with E-state index < -0.39 is 0 Å². The zero-order chi connectivity index (χ0) is 15.6. The van der Waals surface area contributed by atoms with Gasteiger partial charge in [0.1, 0.15) is 5.52 Å². The van der Waals surface area contributed by atoms with Crippen molar-refractivity contribution in [3.63, 3.8) is 0 Å². The predicted molar refractivity (Wildman–Crippen MR) is 89.8 cm³/mol. The minimum atomic E-state index is 0.307. The lowest BCUT2D eigenvalue weighted by molar-refractivity contribution is 0.0448. The second-order valence-electron chi connectivity index (χ2n) is 6.19. The molecule has 0 unspecified atom stereocenters. The predicted octanol–water partition coefficient (Wildman–Crippen LogP) is 3.89. The molecule has 1 heterocycles. The molecule has 4 nitrogen and oxygen atoms in total. The summed E-state index contributed by atoms with van der Waals surface area (Å²) in [6, 6.07) is 16.3. The van der Waals surface area contributed by atoms with Gasteiger partial charge < -0.3 is 14.9 Å². The molecule has 23 heavy (non-hydrogen) atoms. The van der Waals surface area contributed by atoms with Gasteiger partial charge in [0.05, 0.1) is 12.7 Å². The van der Waals surface area contributed by atoms with Gasteiger partial charge in [-0.05, 0) is 49.1 Å². The van der Waals surface area contributed by atoms with Gasteiger partial charge >= 0.3 is 0 Å². The third-order valence-electron chi connectivity index (χ3n) is 4.41. The van der Waals surface area contributed by atoms with Crippen LogP contribution in [0.2, 0.25) is 0 Å². The zero-order valence-corrected chi connectivity index (χ0v) is 12.9. The lowest BCUT2D eigenvalue weighted by atomic mass is 10.1. The van der Waals surface area contributed by atoms with Crippen LogP contribution >= 0.6 is 0 Å². The van der Waals surface area contributed by atoms with Crippen LogP contribution in [0.15, 0.2) is 52.9 Å². The van der Waals surface area contributed by atoms with Gasteiger partial charge in [-0.1, -0.05) is 24.3 Å². The summed E-state index contributed by atoms with van der Waals surface area (Å²) in [5, 5.41) is 0. The molecule has 4 rings (SSSR count). The second kappa shape index (κ2) is 6.14. The maximum absolute atomic E-state index is 5.93. The molecule has 0 saturated heterocycles. The fourth-order valence-corrected chi connectivity index (χ4v) is 3.08. The Morgan fingerprint density at radius 2 is 1.91 bits per heavy atom. The Morgan fingerprint density at radius 3 is 2.65 bits per heavy atom. The van der Waals surface area contributed by atoms with E-state index in [1.807, 2.05) is 36.4 Å². The van der Waals surface area contributed by atoms with Crippen molar-refractivity contribution in [2.75, 3.05) is 0 Å². The Morgan fingerprint density at radius 1 is 1.09 bits per heavy atom. The van der Waals surface area contributed by atoms with Crippen molar-refractivity contribution in [1.29, 1.82) is 0 Å². The Hall–Kier alpha value is -2.17. The van der Waals surface area contributed by atoms with E-state index in [4.69, 9.17) is 14.9 Å². The number of oxazole rings is 1. The van der Waals surface area contributed by atoms with Crippen LogP contribution in [0.25, 0.3) is 22.6 Å². The molecule has 2 atom stereocenters. The van der Waals surface area contributed by atoms with E-state index in [0.29, 0.717) is 24.6 Å². The van der Waals surface area contributed by atoms with E-state index in [2.05, 4.69) is 17.1 Å². The van der Waals surface area contributed by atoms with Crippen LogP contribution < -0.4 is 5.73 Å². The molecular weight excluding hydrogens is 288 g/mol. The molecule has 1 saturated carbocycles. The third kappa shape index (κ3) is 3.14. The van der Waals surface area contributed by atoms with Gasteiger partial charge in [-0.2, -0.15) is 0 Å². The first kappa shape index (κ1) is 14.4. The summed E-state index contributed by atoms with van der Waals surface area (Å²) in [4.78, 5) is 4.52. The number of benzene rings is 2. The first-order valence-corrected chi connectivity index (χ1v) is 8.10. The molecule has 3 aromatic rings. The first-order chi connectivity index (χ1) is 11.3. The van der Waals surface area contributed by atoms with Gasteiger partial charge in [-0.3, -0.25) is 0 Å². The number of rotatable bonds is 4. The van der Waals surface area contributed by atoms with Gasteiger partial charge in [-0.25, -0.2) is 4.98 Å². The smallest absolute Gasteiger partial charge is 0.227 e. The van der Waals surface area contributed by atoms with Gasteiger partial charge in [0.25, 0.3) is 0 Å². The van der Waals surface area contributed by atoms with Crippen molar-refractivity contribution in [2.24, 2.45) is 5.73 Å². The highest BCUT2D eigenvalue weighted by molar-refractivity contribution is 5.75. The van der Waals surface area contributed by atoms with E-state index in [9.17, 15) is 0 Å². The number of aromatic nitrogens is 1. The van der Waals surface area contributed by atoms with Gasteiger partial charge in [0.2, 0.25) is 5.89 Å². The van der Waals surface area contributed by atoms with E-state index >= 15 is 0 Å². The molecule has 1 aliphatic carbocycles. The van der Waals surface area contributed by atoms with Gasteiger partial charge in [0, 0.05) is 11.6 Å². The first-order valence-electron chi connectivity index (χ1n) is 8.10. The molecule has 4 heteroatoms. The molecule has 0 aliphatic heterocycles. The normalized spacial score (nSPS) is 21.1. The minimum Gasteiger partial charge on any atom is -0.436 e. The van der Waals surface area contributed by atoms with Crippen LogP contribution in [0.5, 0.6) is 0 Å². The highest BCUT2D eigenvalue weighted by atomic mass is 16.5. The largest absolute Gasteiger partial charge is 0.436 e. The quantitative estimate of drug-likeness (QED) is 0.794. The number of hydrogen-bond acceptors (Lipinski definition) is 4. The summed E-state index contributed by atoms with van der Waals surface area (Å²) in [6.45, 7) is 0.630. The van der Waals surface area contributed by atoms with Crippen LogP contribution in [-0.4, -0.2) is 17.1 Å². The van der Waals surface area contributed by atoms with E-state index in [0.717, 1.165) is 41.5 Å². The van der Waals surface area contributed by atoms with Crippen molar-refractivity contribution in [1.82, 2.24) is 4.98 Å². The fraction of sp³-hybridized carbons (Fsp3) is 0.316. The van der Waals surface area contributed by atoms with Crippen LogP contribution in [0.1, 0.15) is 24.8 Å². The minimum absolute atomic E-state index is 0.307. The van der Waals surface area contributed by atoms with E-state index in [-0.39, 0.29) is 0 Å². The lowest BCUT2D eigenvalue weighted by Crippen LogP contribution is -2.17. The molecule has 0 spiro atoms. The average molecular weight is 308 g/mol. The number of hydrogen-bond donors (Lipinski definition) is 1. The van der Waals surface area contributed by atoms with Crippen LogP contribution in [0.3, 0.4) is 0 Å². The summed E-state index contributed by atoms with van der Waals surface area (Å²) < 4.78 is 11.7. The molecule has 1 aliphatic rings. The fourth-order valence-electron chi connectivity index (χ4n) is 3.08. The molecular formula is C19H20N2O2. The van der Waals surface area contributed by atoms with Crippen molar-refractivity contribution >= 4 is 11.1 Å². The molecule has 2 N–H and O–H groups in total. The van der Waals surface area contributed by atoms with Gasteiger partial charge in [-0.15, -0.1) is 0 Å². The maximum Gasteiger partial charge on any atom is 0.227 e. The number of ether oxygens (including phenoxy) is 1. The average Bonchev–Trinajstić information content (AvgIpc) is 3.19. The highest BCUT2D eigenvalue weighted by Crippen LogP contribution is 2.25. The molecule has 2 aromatic carbocycles. The van der Waals surface area contributed by atoms with Crippen molar-refractivity contribution in [3.05, 3.63) is 54.1 Å². The number of fused-ring (bicyclic) bond motifs is 1. The van der Waals surface area contributed by atoms with Gasteiger partial charge in [0.15, 0.2) is 5.58 Å². The Labute approximate surface area is 135 Å². The third-order valence-corrected chi connectivity index (χ3v) is 4.41. The van der Waals surface area contributed by atoms with Crippen LogP contribution in [-0.2, 0) is 11.3 Å². The Kier molecular flexibility index (Phi) is 3.85. The second-order valence-corrected chi connectivity index (χ2v) is 6.19. The number of nitrogens with two attached hydrogens (primary N) is 1. The topological polar surface area (TPSA) is 61.3 Å². The molecule has 0 radical (unpaired) electrons.